The minimum atomic E-state index is -3.38. The molecule has 0 radical (unpaired) electrons. The Hall–Kier alpha value is -3.37. The van der Waals surface area contributed by atoms with Crippen molar-refractivity contribution >= 4 is 20.9 Å². The van der Waals surface area contributed by atoms with Crippen molar-refractivity contribution in [2.45, 2.75) is 24.1 Å². The molecule has 1 N–H and O–H groups in total. The topological polar surface area (TPSA) is 73.2 Å². The number of fused-ring (bicyclic) bond motifs is 3. The second kappa shape index (κ2) is 8.44. The van der Waals surface area contributed by atoms with Crippen molar-refractivity contribution in [2.75, 3.05) is 12.8 Å². The Morgan fingerprint density at radius 3 is 2.56 bits per heavy atom. The van der Waals surface area contributed by atoms with Crippen molar-refractivity contribution in [3.8, 4) is 16.9 Å². The maximum Gasteiger partial charge on any atom is 0.387 e. The molecule has 4 aromatic rings. The number of halogens is 3. The number of rotatable bonds is 5. The van der Waals surface area contributed by atoms with E-state index in [1.54, 1.807) is 36.4 Å². The van der Waals surface area contributed by atoms with Crippen LogP contribution in [-0.4, -0.2) is 37.4 Å². The monoisotopic (exact) mass is 487 g/mol. The van der Waals surface area contributed by atoms with Gasteiger partial charge in [0.05, 0.1) is 28.5 Å². The number of alkyl halides is 2. The third-order valence-electron chi connectivity index (χ3n) is 5.87. The van der Waals surface area contributed by atoms with Crippen molar-refractivity contribution in [3.05, 3.63) is 77.9 Å². The molecule has 0 amide bonds. The molecule has 176 valence electrons. The van der Waals surface area contributed by atoms with E-state index < -0.39 is 28.3 Å². The van der Waals surface area contributed by atoms with Crippen molar-refractivity contribution in [3.63, 3.8) is 0 Å². The lowest BCUT2D eigenvalue weighted by atomic mass is 10.0. The first-order chi connectivity index (χ1) is 16.2. The van der Waals surface area contributed by atoms with Gasteiger partial charge in [0.25, 0.3) is 0 Å². The number of para-hydroxylation sites is 1. The van der Waals surface area contributed by atoms with Crippen LogP contribution in [0.15, 0.2) is 65.6 Å². The third-order valence-corrected chi connectivity index (χ3v) is 7.00. The first-order valence-electron chi connectivity index (χ1n) is 10.5. The second-order valence-electron chi connectivity index (χ2n) is 8.08. The molecule has 1 atom stereocenters. The Balaban J connectivity index is 1.65. The summed E-state index contributed by atoms with van der Waals surface area (Å²) in [6, 6.07) is 15.1. The second-order valence-corrected chi connectivity index (χ2v) is 10.1. The van der Waals surface area contributed by atoms with E-state index in [9.17, 15) is 17.2 Å². The molecule has 0 saturated heterocycles. The largest absolute Gasteiger partial charge is 0.434 e. The predicted molar refractivity (Wildman–Crippen MR) is 121 cm³/mol. The van der Waals surface area contributed by atoms with Gasteiger partial charge in [-0.05, 0) is 29.8 Å². The van der Waals surface area contributed by atoms with E-state index in [0.717, 1.165) is 6.26 Å². The number of sulfone groups is 1. The molecular formula is C24H20F3N3O3S. The van der Waals surface area contributed by atoms with Gasteiger partial charge in [0.15, 0.2) is 9.84 Å². The summed E-state index contributed by atoms with van der Waals surface area (Å²) in [6.07, 6.45) is 1.11. The SMILES string of the molecule is CS(=O)(=O)c1ccc(-c2cc3c(cc2F)nc2n3C(c3ccccc3OC(F)F)CNC2)cc1. The number of hydrogen-bond donors (Lipinski definition) is 1. The van der Waals surface area contributed by atoms with Crippen LogP contribution in [0.3, 0.4) is 0 Å². The highest BCUT2D eigenvalue weighted by Gasteiger charge is 2.28. The van der Waals surface area contributed by atoms with Gasteiger partial charge in [0.1, 0.15) is 17.4 Å². The van der Waals surface area contributed by atoms with Gasteiger partial charge in [-0.15, -0.1) is 0 Å². The molecule has 0 spiro atoms. The maximum atomic E-state index is 15.0. The molecule has 10 heteroatoms. The third kappa shape index (κ3) is 4.03. The van der Waals surface area contributed by atoms with Crippen LogP contribution < -0.4 is 10.1 Å². The molecule has 0 fully saturated rings. The van der Waals surface area contributed by atoms with Crippen LogP contribution in [0, 0.1) is 5.82 Å². The lowest BCUT2D eigenvalue weighted by Gasteiger charge is -2.28. The molecule has 3 aromatic carbocycles. The quantitative estimate of drug-likeness (QED) is 0.448. The molecule has 1 aliphatic heterocycles. The fourth-order valence-electron chi connectivity index (χ4n) is 4.36. The minimum absolute atomic E-state index is 0.0673. The highest BCUT2D eigenvalue weighted by Crippen LogP contribution is 2.36. The van der Waals surface area contributed by atoms with Gasteiger partial charge in [-0.2, -0.15) is 8.78 Å². The van der Waals surface area contributed by atoms with Crippen molar-refractivity contribution in [1.82, 2.24) is 14.9 Å². The van der Waals surface area contributed by atoms with Crippen molar-refractivity contribution in [1.29, 1.82) is 0 Å². The Labute approximate surface area is 193 Å². The number of ether oxygens (including phenoxy) is 1. The molecule has 1 aliphatic rings. The molecular weight excluding hydrogens is 467 g/mol. The first-order valence-corrected chi connectivity index (χ1v) is 12.4. The van der Waals surface area contributed by atoms with Gasteiger partial charge >= 0.3 is 6.61 Å². The number of nitrogens with one attached hydrogen (secondary N) is 1. The summed E-state index contributed by atoms with van der Waals surface area (Å²) >= 11 is 0. The highest BCUT2D eigenvalue weighted by molar-refractivity contribution is 7.90. The fraction of sp³-hybridized carbons (Fsp3) is 0.208. The molecule has 1 unspecified atom stereocenters. The smallest absolute Gasteiger partial charge is 0.387 e. The Morgan fingerprint density at radius 2 is 1.85 bits per heavy atom. The number of aromatic nitrogens is 2. The molecule has 5 rings (SSSR count). The number of benzene rings is 3. The van der Waals surface area contributed by atoms with Crippen LogP contribution in [0.2, 0.25) is 0 Å². The van der Waals surface area contributed by atoms with E-state index in [0.29, 0.717) is 41.1 Å². The summed E-state index contributed by atoms with van der Waals surface area (Å²) in [5, 5.41) is 3.24. The Kier molecular flexibility index (Phi) is 5.57. The number of imidazole rings is 1. The fourth-order valence-corrected chi connectivity index (χ4v) is 4.99. The van der Waals surface area contributed by atoms with Crippen LogP contribution in [0.25, 0.3) is 22.2 Å². The Bertz CT molecular complexity index is 1480. The molecule has 0 bridgehead atoms. The van der Waals surface area contributed by atoms with Crippen LogP contribution >= 0.6 is 0 Å². The minimum Gasteiger partial charge on any atom is -0.434 e. The lowest BCUT2D eigenvalue weighted by Crippen LogP contribution is -2.34. The summed E-state index contributed by atoms with van der Waals surface area (Å²) in [5.74, 6) is 0.209. The van der Waals surface area contributed by atoms with Crippen LogP contribution in [0.1, 0.15) is 17.4 Å². The molecule has 0 saturated carbocycles. The Morgan fingerprint density at radius 1 is 1.12 bits per heavy atom. The van der Waals surface area contributed by atoms with Gasteiger partial charge in [-0.3, -0.25) is 0 Å². The normalized spacial score (nSPS) is 16.1. The van der Waals surface area contributed by atoms with Gasteiger partial charge in [0.2, 0.25) is 0 Å². The molecule has 1 aromatic heterocycles. The van der Waals surface area contributed by atoms with Crippen LogP contribution in [0.4, 0.5) is 13.2 Å². The van der Waals surface area contributed by atoms with Crippen molar-refractivity contribution < 1.29 is 26.3 Å². The zero-order chi connectivity index (χ0) is 24.0. The van der Waals surface area contributed by atoms with E-state index in [1.165, 1.54) is 24.3 Å². The van der Waals surface area contributed by atoms with Gasteiger partial charge < -0.3 is 14.6 Å². The molecule has 6 nitrogen and oxygen atoms in total. The van der Waals surface area contributed by atoms with Gasteiger partial charge in [-0.25, -0.2) is 17.8 Å². The summed E-state index contributed by atoms with van der Waals surface area (Å²) < 4.78 is 71.2. The van der Waals surface area contributed by atoms with E-state index in [2.05, 4.69) is 10.3 Å². The van der Waals surface area contributed by atoms with Gasteiger partial charge in [-0.1, -0.05) is 30.3 Å². The molecule has 2 heterocycles. The zero-order valence-corrected chi connectivity index (χ0v) is 18.8. The van der Waals surface area contributed by atoms with E-state index in [4.69, 9.17) is 4.74 Å². The summed E-state index contributed by atoms with van der Waals surface area (Å²) in [7, 11) is -3.38. The lowest BCUT2D eigenvalue weighted by molar-refractivity contribution is -0.0507. The van der Waals surface area contributed by atoms with Gasteiger partial charge in [0, 0.05) is 30.0 Å². The average Bonchev–Trinajstić information content (AvgIpc) is 3.15. The number of nitrogens with zero attached hydrogens (tertiary/aromatic N) is 2. The van der Waals surface area contributed by atoms with E-state index >= 15 is 4.39 Å². The van der Waals surface area contributed by atoms with Crippen LogP contribution in [0.5, 0.6) is 5.75 Å². The summed E-state index contributed by atoms with van der Waals surface area (Å²) in [6.45, 7) is -2.09. The van der Waals surface area contributed by atoms with Crippen molar-refractivity contribution in [2.24, 2.45) is 0 Å². The number of hydrogen-bond acceptors (Lipinski definition) is 5. The van der Waals surface area contributed by atoms with E-state index in [-0.39, 0.29) is 16.2 Å². The highest BCUT2D eigenvalue weighted by atomic mass is 32.2. The van der Waals surface area contributed by atoms with E-state index in [1.807, 2.05) is 4.57 Å². The predicted octanol–water partition coefficient (Wildman–Crippen LogP) is 4.54. The zero-order valence-electron chi connectivity index (χ0n) is 18.0. The van der Waals surface area contributed by atoms with Crippen LogP contribution in [-0.2, 0) is 16.4 Å². The summed E-state index contributed by atoms with van der Waals surface area (Å²) in [5.41, 5.74) is 2.42. The molecule has 34 heavy (non-hydrogen) atoms. The first kappa shape index (κ1) is 22.4. The standard InChI is InChI=1S/C24H20F3N3O3S/c1-34(31,32)15-8-6-14(7-9-15)17-10-20-19(11-18(17)25)29-23-13-28-12-21(30(20)23)16-4-2-3-5-22(16)33-24(26)27/h2-11,21,24,28H,12-13H2,1H3. The summed E-state index contributed by atoms with van der Waals surface area (Å²) in [4.78, 5) is 4.69. The average molecular weight is 488 g/mol. The molecule has 0 aliphatic carbocycles. The maximum absolute atomic E-state index is 15.0.